The predicted octanol–water partition coefficient (Wildman–Crippen LogP) is 6.03. The van der Waals surface area contributed by atoms with Crippen LogP contribution in [0.25, 0.3) is 22.3 Å². The molecule has 1 atom stereocenters. The van der Waals surface area contributed by atoms with Crippen molar-refractivity contribution in [1.29, 1.82) is 0 Å². The smallest absolute Gasteiger partial charge is 0.416 e. The standard InChI is InChI=1S/C24H20F4N4O/c1-14(33-22-9-16(11-30-23(22)29)17-12-31-32(2)13-17)20-8-7-19(25)10-21(20)15-3-5-18(6-4-15)24(26,27)28/h3-14H,1-2H3,(H2,29,30)/t14-/m1/s1. The van der Waals surface area contributed by atoms with Crippen LogP contribution in [0.15, 0.2) is 67.1 Å². The summed E-state index contributed by atoms with van der Waals surface area (Å²) in [5.74, 6) is -0.0140. The zero-order valence-corrected chi connectivity index (χ0v) is 17.8. The molecule has 0 amide bonds. The number of nitrogen functional groups attached to an aromatic ring is 1. The van der Waals surface area contributed by atoms with Crippen molar-refractivity contribution in [2.24, 2.45) is 7.05 Å². The SMILES string of the molecule is C[C@@H](Oc1cc(-c2cnn(C)c2)cnc1N)c1ccc(F)cc1-c1ccc(C(F)(F)F)cc1. The third kappa shape index (κ3) is 4.82. The molecule has 2 aromatic carbocycles. The molecule has 0 bridgehead atoms. The average molecular weight is 456 g/mol. The molecule has 9 heteroatoms. The fourth-order valence-corrected chi connectivity index (χ4v) is 3.50. The minimum atomic E-state index is -4.45. The summed E-state index contributed by atoms with van der Waals surface area (Å²) in [5, 5.41) is 4.14. The van der Waals surface area contributed by atoms with Crippen LogP contribution in [-0.2, 0) is 13.2 Å². The molecule has 4 rings (SSSR count). The van der Waals surface area contributed by atoms with Gasteiger partial charge in [-0.15, -0.1) is 0 Å². The molecule has 2 aromatic heterocycles. The summed E-state index contributed by atoms with van der Waals surface area (Å²) < 4.78 is 60.5. The van der Waals surface area contributed by atoms with Gasteiger partial charge in [-0.3, -0.25) is 4.68 Å². The number of hydrogen-bond donors (Lipinski definition) is 1. The van der Waals surface area contributed by atoms with E-state index in [9.17, 15) is 17.6 Å². The van der Waals surface area contributed by atoms with Crippen LogP contribution in [-0.4, -0.2) is 14.8 Å². The van der Waals surface area contributed by atoms with Gasteiger partial charge in [-0.25, -0.2) is 9.37 Å². The molecule has 33 heavy (non-hydrogen) atoms. The second kappa shape index (κ2) is 8.57. The lowest BCUT2D eigenvalue weighted by Gasteiger charge is -2.20. The highest BCUT2D eigenvalue weighted by Gasteiger charge is 2.30. The highest BCUT2D eigenvalue weighted by atomic mass is 19.4. The lowest BCUT2D eigenvalue weighted by Crippen LogP contribution is -2.08. The van der Waals surface area contributed by atoms with Gasteiger partial charge >= 0.3 is 6.18 Å². The molecule has 0 saturated carbocycles. The molecule has 0 aliphatic carbocycles. The van der Waals surface area contributed by atoms with Crippen LogP contribution in [0.2, 0.25) is 0 Å². The first-order valence-corrected chi connectivity index (χ1v) is 10.00. The Morgan fingerprint density at radius 1 is 0.970 bits per heavy atom. The van der Waals surface area contributed by atoms with Crippen molar-refractivity contribution < 1.29 is 22.3 Å². The number of alkyl halides is 3. The van der Waals surface area contributed by atoms with Crippen molar-refractivity contribution in [3.8, 4) is 28.0 Å². The summed E-state index contributed by atoms with van der Waals surface area (Å²) in [7, 11) is 1.80. The van der Waals surface area contributed by atoms with Crippen LogP contribution in [0.5, 0.6) is 5.75 Å². The summed E-state index contributed by atoms with van der Waals surface area (Å²) in [6.07, 6.45) is 0.0571. The van der Waals surface area contributed by atoms with E-state index in [1.54, 1.807) is 43.2 Å². The Labute approximate surface area is 187 Å². The lowest BCUT2D eigenvalue weighted by atomic mass is 9.95. The Morgan fingerprint density at radius 2 is 1.70 bits per heavy atom. The van der Waals surface area contributed by atoms with Gasteiger partial charge in [0.05, 0.1) is 11.8 Å². The first-order valence-electron chi connectivity index (χ1n) is 10.00. The Kier molecular flexibility index (Phi) is 5.80. The number of nitrogens with two attached hydrogens (primary N) is 1. The van der Waals surface area contributed by atoms with E-state index in [1.165, 1.54) is 24.3 Å². The quantitative estimate of drug-likeness (QED) is 0.373. The topological polar surface area (TPSA) is 66.0 Å². The monoisotopic (exact) mass is 456 g/mol. The molecular formula is C24H20F4N4O. The second-order valence-corrected chi connectivity index (χ2v) is 7.58. The lowest BCUT2D eigenvalue weighted by molar-refractivity contribution is -0.137. The number of nitrogens with zero attached hydrogens (tertiary/aromatic N) is 3. The molecule has 0 aliphatic heterocycles. The van der Waals surface area contributed by atoms with Crippen LogP contribution in [0.1, 0.15) is 24.2 Å². The third-order valence-corrected chi connectivity index (χ3v) is 5.20. The van der Waals surface area contributed by atoms with Crippen LogP contribution in [0, 0.1) is 5.82 Å². The van der Waals surface area contributed by atoms with Crippen LogP contribution in [0.3, 0.4) is 0 Å². The molecule has 2 N–H and O–H groups in total. The number of ether oxygens (including phenoxy) is 1. The van der Waals surface area contributed by atoms with E-state index in [0.29, 0.717) is 22.4 Å². The minimum absolute atomic E-state index is 0.174. The van der Waals surface area contributed by atoms with Crippen molar-refractivity contribution >= 4 is 5.82 Å². The zero-order chi connectivity index (χ0) is 23.8. The van der Waals surface area contributed by atoms with Crippen molar-refractivity contribution in [1.82, 2.24) is 14.8 Å². The summed E-state index contributed by atoms with van der Waals surface area (Å²) in [5.41, 5.74) is 8.25. The van der Waals surface area contributed by atoms with Gasteiger partial charge in [0.1, 0.15) is 11.9 Å². The van der Waals surface area contributed by atoms with Gasteiger partial charge in [-0.05, 0) is 48.4 Å². The summed E-state index contributed by atoms with van der Waals surface area (Å²) in [6.45, 7) is 1.75. The largest absolute Gasteiger partial charge is 0.482 e. The van der Waals surface area contributed by atoms with Crippen molar-refractivity contribution in [2.45, 2.75) is 19.2 Å². The zero-order valence-electron chi connectivity index (χ0n) is 17.8. The number of halogens is 4. The maximum Gasteiger partial charge on any atom is 0.416 e. The Morgan fingerprint density at radius 3 is 2.33 bits per heavy atom. The molecule has 4 aromatic rings. The van der Waals surface area contributed by atoms with Crippen molar-refractivity contribution in [3.63, 3.8) is 0 Å². The molecule has 0 saturated heterocycles. The van der Waals surface area contributed by atoms with E-state index < -0.39 is 23.7 Å². The van der Waals surface area contributed by atoms with E-state index in [1.807, 2.05) is 6.20 Å². The molecule has 170 valence electrons. The fraction of sp³-hybridized carbons (Fsp3) is 0.167. The van der Waals surface area contributed by atoms with Gasteiger partial charge in [0.2, 0.25) is 0 Å². The van der Waals surface area contributed by atoms with Gasteiger partial charge < -0.3 is 10.5 Å². The van der Waals surface area contributed by atoms with E-state index in [4.69, 9.17) is 10.5 Å². The summed E-state index contributed by atoms with van der Waals surface area (Å²) >= 11 is 0. The molecule has 5 nitrogen and oxygen atoms in total. The van der Waals surface area contributed by atoms with Crippen molar-refractivity contribution in [2.75, 3.05) is 5.73 Å². The first kappa shape index (κ1) is 22.3. The summed E-state index contributed by atoms with van der Waals surface area (Å²) in [4.78, 5) is 4.19. The van der Waals surface area contributed by atoms with Crippen molar-refractivity contribution in [3.05, 3.63) is 84.1 Å². The highest BCUT2D eigenvalue weighted by Crippen LogP contribution is 2.36. The molecule has 2 heterocycles. The Balaban J connectivity index is 1.67. The molecule has 0 spiro atoms. The normalized spacial score (nSPS) is 12.5. The van der Waals surface area contributed by atoms with Crippen LogP contribution in [0.4, 0.5) is 23.4 Å². The maximum absolute atomic E-state index is 14.0. The molecular weight excluding hydrogens is 436 g/mol. The Bertz CT molecular complexity index is 1280. The van der Waals surface area contributed by atoms with Gasteiger partial charge in [-0.1, -0.05) is 18.2 Å². The molecule has 0 unspecified atom stereocenters. The Hall–Kier alpha value is -3.88. The molecule has 0 fully saturated rings. The van der Waals surface area contributed by atoms with Gasteiger partial charge in [-0.2, -0.15) is 18.3 Å². The van der Waals surface area contributed by atoms with E-state index in [-0.39, 0.29) is 5.82 Å². The number of pyridine rings is 1. The fourth-order valence-electron chi connectivity index (χ4n) is 3.50. The maximum atomic E-state index is 14.0. The number of anilines is 1. The van der Waals surface area contributed by atoms with Gasteiger partial charge in [0, 0.05) is 36.1 Å². The van der Waals surface area contributed by atoms with Gasteiger partial charge in [0.25, 0.3) is 0 Å². The second-order valence-electron chi connectivity index (χ2n) is 7.58. The average Bonchev–Trinajstić information content (AvgIpc) is 3.21. The van der Waals surface area contributed by atoms with Crippen LogP contribution >= 0.6 is 0 Å². The highest BCUT2D eigenvalue weighted by molar-refractivity contribution is 5.69. The summed E-state index contributed by atoms with van der Waals surface area (Å²) in [6, 6.07) is 10.4. The van der Waals surface area contributed by atoms with E-state index in [2.05, 4.69) is 10.1 Å². The number of hydrogen-bond acceptors (Lipinski definition) is 4. The van der Waals surface area contributed by atoms with Crippen LogP contribution < -0.4 is 10.5 Å². The number of aromatic nitrogens is 3. The number of rotatable bonds is 5. The molecule has 0 radical (unpaired) electrons. The number of benzene rings is 2. The first-order chi connectivity index (χ1) is 15.6. The predicted molar refractivity (Wildman–Crippen MR) is 117 cm³/mol. The van der Waals surface area contributed by atoms with Gasteiger partial charge in [0.15, 0.2) is 11.6 Å². The van der Waals surface area contributed by atoms with E-state index >= 15 is 0 Å². The minimum Gasteiger partial charge on any atom is -0.482 e. The number of aryl methyl sites for hydroxylation is 1. The van der Waals surface area contributed by atoms with E-state index in [0.717, 1.165) is 23.3 Å². The third-order valence-electron chi connectivity index (χ3n) is 5.20. The molecule has 0 aliphatic rings.